The van der Waals surface area contributed by atoms with Gasteiger partial charge in [0.05, 0.1) is 28.0 Å². The molecule has 0 aliphatic heterocycles. The Kier molecular flexibility index (Phi) is 9.55. The lowest BCUT2D eigenvalue weighted by Crippen LogP contribution is -2.17. The summed E-state index contributed by atoms with van der Waals surface area (Å²) in [5.74, 6) is -1.91. The molecule has 0 atom stereocenters. The number of hydrogen-bond donors (Lipinski definition) is 1. The highest BCUT2D eigenvalue weighted by Gasteiger charge is 2.29. The van der Waals surface area contributed by atoms with Crippen LogP contribution in [0.1, 0.15) is 113 Å². The molecule has 0 fully saturated rings. The van der Waals surface area contributed by atoms with Crippen LogP contribution in [-0.4, -0.2) is 19.6 Å². The van der Waals surface area contributed by atoms with Gasteiger partial charge in [-0.1, -0.05) is 178 Å². The predicted octanol–water partition coefficient (Wildman–Crippen LogP) is 17.0. The second-order valence-corrected chi connectivity index (χ2v) is 19.6. The minimum atomic E-state index is -2.82. The van der Waals surface area contributed by atoms with Crippen LogP contribution in [-0.2, 0) is 10.8 Å². The lowest BCUT2D eigenvalue weighted by atomic mass is 9.79. The highest BCUT2D eigenvalue weighted by atomic mass is 16.3. The summed E-state index contributed by atoms with van der Waals surface area (Å²) >= 11 is 0. The van der Waals surface area contributed by atoms with E-state index < -0.39 is 30.9 Å². The monoisotopic (exact) mass is 871 g/mol. The summed E-state index contributed by atoms with van der Waals surface area (Å²) in [6, 6.07) is 53.7. The summed E-state index contributed by atoms with van der Waals surface area (Å²) in [6.45, 7) is 10.8. The first kappa shape index (κ1) is 36.2. The topological polar surface area (TPSA) is 50.9 Å². The van der Waals surface area contributed by atoms with Gasteiger partial charge in [-0.15, -0.1) is 0 Å². The molecule has 2 aromatic heterocycles. The molecule has 0 aliphatic carbocycles. The number of fused-ring (bicyclic) bond motifs is 1. The largest absolute Gasteiger partial charge is 0.507 e. The van der Waals surface area contributed by atoms with Crippen molar-refractivity contribution in [2.45, 2.75) is 91.7 Å². The number of aromatic nitrogens is 3. The van der Waals surface area contributed by atoms with Crippen LogP contribution in [0, 0.1) is 0 Å². The second kappa shape index (κ2) is 17.4. The van der Waals surface area contributed by atoms with Crippen molar-refractivity contribution in [2.75, 3.05) is 0 Å². The van der Waals surface area contributed by atoms with Crippen molar-refractivity contribution in [2.24, 2.45) is 0 Å². The zero-order valence-electron chi connectivity index (χ0n) is 46.0. The Morgan fingerprint density at radius 2 is 1.20 bits per heavy atom. The van der Waals surface area contributed by atoms with Gasteiger partial charge >= 0.3 is 0 Å². The van der Waals surface area contributed by atoms with Crippen LogP contribution in [0.15, 0.2) is 170 Å². The summed E-state index contributed by atoms with van der Waals surface area (Å²) in [5.41, 5.74) is 13.3. The molecule has 0 saturated heterocycles. The minimum absolute atomic E-state index is 0.0960. The molecular weight excluding hydrogens is 803 g/mol. The molecule has 66 heavy (non-hydrogen) atoms. The average molecular weight is 871 g/mol. The molecule has 0 spiro atoms. The van der Waals surface area contributed by atoms with E-state index in [1.54, 1.807) is 18.2 Å². The van der Waals surface area contributed by atoms with E-state index in [0.29, 0.717) is 33.7 Å². The van der Waals surface area contributed by atoms with Gasteiger partial charge in [-0.3, -0.25) is 9.55 Å². The number of aromatic hydroxyl groups is 1. The third kappa shape index (κ3) is 8.61. The number of nitrogens with zero attached hydrogens (tertiary/aromatic N) is 3. The van der Waals surface area contributed by atoms with Gasteiger partial charge in [0.15, 0.2) is 0 Å². The van der Waals surface area contributed by atoms with Gasteiger partial charge in [0, 0.05) is 38.0 Å². The van der Waals surface area contributed by atoms with Crippen molar-refractivity contribution in [1.82, 2.24) is 14.5 Å². The Labute approximate surface area is 401 Å². The summed E-state index contributed by atoms with van der Waals surface area (Å²) in [6.07, 6.45) is 1.83. The molecule has 0 unspecified atom stereocenters. The second-order valence-electron chi connectivity index (χ2n) is 19.6. The van der Waals surface area contributed by atoms with E-state index in [0.717, 1.165) is 66.9 Å². The standard InChI is InChI=1S/C62H61N3O/c1-39(2)41-24-26-43(27-25-41)46-30-31-63-55(36-46)49-33-47(42-18-13-11-14-19-42)32-48(34-49)51-22-17-23-57-58(51)64-60(53-37-50(61(5,6)7)38-54(59(53)66)62(8,9)10)65(57)56-29-28-45(40(3)4)35-52(56)44-20-15-12-16-21-44/h11-40,66H,1-10H3/i3D3,4D3,39D. The van der Waals surface area contributed by atoms with Crippen molar-refractivity contribution < 1.29 is 14.7 Å². The van der Waals surface area contributed by atoms with Gasteiger partial charge in [-0.2, -0.15) is 0 Å². The van der Waals surface area contributed by atoms with E-state index in [9.17, 15) is 5.11 Å². The van der Waals surface area contributed by atoms with E-state index in [1.807, 2.05) is 110 Å². The summed E-state index contributed by atoms with van der Waals surface area (Å²) in [7, 11) is 0. The number of rotatable bonds is 9. The molecule has 9 aromatic rings. The Hall–Kier alpha value is -7.04. The first-order valence-electron chi connectivity index (χ1n) is 26.2. The molecule has 4 nitrogen and oxygen atoms in total. The Balaban J connectivity index is 1.35. The highest BCUT2D eigenvalue weighted by molar-refractivity contribution is 5.98. The van der Waals surface area contributed by atoms with Gasteiger partial charge < -0.3 is 5.11 Å². The molecule has 0 aliphatic rings. The number of hydrogen-bond acceptors (Lipinski definition) is 3. The van der Waals surface area contributed by atoms with Crippen LogP contribution in [0.2, 0.25) is 0 Å². The first-order valence-corrected chi connectivity index (χ1v) is 22.7. The number of phenolic OH excluding ortho intramolecular Hbond substituents is 1. The van der Waals surface area contributed by atoms with Gasteiger partial charge in [-0.25, -0.2) is 4.98 Å². The van der Waals surface area contributed by atoms with Crippen molar-refractivity contribution in [3.05, 3.63) is 192 Å². The normalized spacial score (nSPS) is 14.2. The number of phenols is 1. The van der Waals surface area contributed by atoms with E-state index in [1.165, 1.54) is 0 Å². The van der Waals surface area contributed by atoms with Crippen molar-refractivity contribution in [3.63, 3.8) is 0 Å². The van der Waals surface area contributed by atoms with Crippen LogP contribution in [0.4, 0.5) is 0 Å². The first-order chi connectivity index (χ1) is 34.3. The zero-order valence-corrected chi connectivity index (χ0v) is 39.0. The number of imidazole rings is 1. The average Bonchev–Trinajstić information content (AvgIpc) is 3.72. The Morgan fingerprint density at radius 1 is 0.545 bits per heavy atom. The predicted molar refractivity (Wildman–Crippen MR) is 279 cm³/mol. The zero-order chi connectivity index (χ0) is 52.4. The Bertz CT molecular complexity index is 3470. The molecule has 0 radical (unpaired) electrons. The fourth-order valence-corrected chi connectivity index (χ4v) is 8.84. The molecule has 4 heteroatoms. The molecule has 0 bridgehead atoms. The van der Waals surface area contributed by atoms with E-state index in [2.05, 4.69) is 102 Å². The summed E-state index contributed by atoms with van der Waals surface area (Å²) < 4.78 is 61.0. The molecule has 0 saturated carbocycles. The summed E-state index contributed by atoms with van der Waals surface area (Å²) in [4.78, 5) is 10.5. The van der Waals surface area contributed by atoms with Gasteiger partial charge in [0.2, 0.25) is 0 Å². The molecule has 9 rings (SSSR count). The number of benzene rings is 7. The molecule has 2 heterocycles. The third-order valence-electron chi connectivity index (χ3n) is 12.6. The van der Waals surface area contributed by atoms with Crippen molar-refractivity contribution in [3.8, 4) is 78.6 Å². The molecule has 7 aromatic carbocycles. The van der Waals surface area contributed by atoms with Crippen LogP contribution in [0.5, 0.6) is 5.75 Å². The molecule has 330 valence electrons. The number of pyridine rings is 1. The van der Waals surface area contributed by atoms with E-state index in [-0.39, 0.29) is 16.7 Å². The smallest absolute Gasteiger partial charge is 0.149 e. The SMILES string of the molecule is [2H]C(C)(C)c1ccc(-c2ccnc(-c3cc(-c4ccccc4)cc(-c4cccc5c4nc(-c4cc(C(C)(C)C)cc(C(C)(C)C)c4O)n5-c4ccc(C(C([2H])([2H])[2H])C([2H])([2H])[2H])cc4-c4ccccc4)c3)c2)cc1. The summed E-state index contributed by atoms with van der Waals surface area (Å²) in [5, 5.41) is 12.6. The lowest BCUT2D eigenvalue weighted by molar-refractivity contribution is 0.446. The maximum Gasteiger partial charge on any atom is 0.149 e. The fraction of sp³-hybridized carbons (Fsp3) is 0.226. The van der Waals surface area contributed by atoms with Gasteiger partial charge in [0.25, 0.3) is 0 Å². The highest BCUT2D eigenvalue weighted by Crippen LogP contribution is 2.46. The third-order valence-corrected chi connectivity index (χ3v) is 12.6. The van der Waals surface area contributed by atoms with Crippen LogP contribution >= 0.6 is 0 Å². The van der Waals surface area contributed by atoms with E-state index in [4.69, 9.17) is 19.6 Å². The fourth-order valence-electron chi connectivity index (χ4n) is 8.84. The molecule has 1 N–H and O–H groups in total. The van der Waals surface area contributed by atoms with Crippen LogP contribution in [0.3, 0.4) is 0 Å². The van der Waals surface area contributed by atoms with Crippen LogP contribution < -0.4 is 0 Å². The van der Waals surface area contributed by atoms with Crippen molar-refractivity contribution >= 4 is 11.0 Å². The van der Waals surface area contributed by atoms with Crippen molar-refractivity contribution in [1.29, 1.82) is 0 Å². The molecule has 0 amide bonds. The molecular formula is C62H61N3O. The minimum Gasteiger partial charge on any atom is -0.507 e. The number of para-hydroxylation sites is 1. The maximum atomic E-state index is 12.6. The lowest BCUT2D eigenvalue weighted by Gasteiger charge is -2.27. The van der Waals surface area contributed by atoms with Gasteiger partial charge in [0.1, 0.15) is 11.6 Å². The Morgan fingerprint density at radius 3 is 1.86 bits per heavy atom. The quantitative estimate of drug-likeness (QED) is 0.157. The van der Waals surface area contributed by atoms with E-state index >= 15 is 0 Å². The van der Waals surface area contributed by atoms with Crippen LogP contribution in [0.25, 0.3) is 83.9 Å². The van der Waals surface area contributed by atoms with Gasteiger partial charge in [-0.05, 0) is 127 Å². The maximum absolute atomic E-state index is 12.6.